The summed E-state index contributed by atoms with van der Waals surface area (Å²) in [4.78, 5) is 11.9. The summed E-state index contributed by atoms with van der Waals surface area (Å²) in [5.41, 5.74) is -0.982. The van der Waals surface area contributed by atoms with Crippen LogP contribution in [0.1, 0.15) is 36.7 Å². The minimum absolute atomic E-state index is 0.359. The van der Waals surface area contributed by atoms with E-state index in [0.29, 0.717) is 11.1 Å². The molecule has 0 saturated carbocycles. The van der Waals surface area contributed by atoms with Crippen LogP contribution in [0.5, 0.6) is 0 Å². The van der Waals surface area contributed by atoms with Gasteiger partial charge in [-0.05, 0) is 38.8 Å². The summed E-state index contributed by atoms with van der Waals surface area (Å²) in [5.74, 6) is 4.58. The van der Waals surface area contributed by atoms with E-state index in [1.165, 1.54) is 0 Å². The highest BCUT2D eigenvalue weighted by molar-refractivity contribution is 6.21. The van der Waals surface area contributed by atoms with Crippen molar-refractivity contribution >= 4 is 17.6 Å². The monoisotopic (exact) mass is 266 g/mol. The van der Waals surface area contributed by atoms with Gasteiger partial charge in [-0.1, -0.05) is 29.7 Å². The maximum atomic E-state index is 11.9. The van der Waals surface area contributed by atoms with Gasteiger partial charge in [-0.3, -0.25) is 0 Å². The molecule has 18 heavy (non-hydrogen) atoms. The Morgan fingerprint density at radius 1 is 1.39 bits per heavy atom. The lowest BCUT2D eigenvalue weighted by molar-refractivity contribution is 0.00692. The Morgan fingerprint density at radius 3 is 2.56 bits per heavy atom. The highest BCUT2D eigenvalue weighted by Gasteiger charge is 2.19. The van der Waals surface area contributed by atoms with Crippen LogP contribution in [0, 0.1) is 11.8 Å². The van der Waals surface area contributed by atoms with Crippen molar-refractivity contribution in [2.75, 3.05) is 0 Å². The first-order chi connectivity index (χ1) is 8.29. The first kappa shape index (κ1) is 14.6. The fraction of sp³-hybridized carbons (Fsp3) is 0.357. The second kappa shape index (κ2) is 5.90. The summed E-state index contributed by atoms with van der Waals surface area (Å²) in [6.07, 6.45) is 0. The van der Waals surface area contributed by atoms with E-state index in [1.54, 1.807) is 45.0 Å². The van der Waals surface area contributed by atoms with E-state index in [2.05, 4.69) is 11.8 Å². The topological polar surface area (TPSA) is 46.5 Å². The number of esters is 1. The number of ether oxygens (including phenoxy) is 1. The Bertz CT molecular complexity index is 490. The average Bonchev–Trinajstić information content (AvgIpc) is 2.24. The van der Waals surface area contributed by atoms with Crippen LogP contribution in [0.15, 0.2) is 24.3 Å². The van der Waals surface area contributed by atoms with Crippen molar-refractivity contribution in [1.82, 2.24) is 0 Å². The molecule has 1 aromatic carbocycles. The third-order valence-electron chi connectivity index (χ3n) is 1.87. The molecule has 96 valence electrons. The molecule has 0 heterocycles. The van der Waals surface area contributed by atoms with Crippen LogP contribution in [0.2, 0.25) is 0 Å². The van der Waals surface area contributed by atoms with Gasteiger partial charge in [-0.15, -0.1) is 0 Å². The lowest BCUT2D eigenvalue weighted by Crippen LogP contribution is -2.24. The van der Waals surface area contributed by atoms with Crippen LogP contribution in [-0.2, 0) is 4.74 Å². The van der Waals surface area contributed by atoms with Crippen molar-refractivity contribution in [3.05, 3.63) is 35.4 Å². The summed E-state index contributed by atoms with van der Waals surface area (Å²) in [7, 11) is 0. The summed E-state index contributed by atoms with van der Waals surface area (Å²) >= 11 is 5.33. The number of aliphatic hydroxyl groups is 1. The number of aliphatic hydroxyl groups excluding tert-OH is 1. The molecule has 0 saturated heterocycles. The van der Waals surface area contributed by atoms with Crippen LogP contribution in [0.3, 0.4) is 0 Å². The van der Waals surface area contributed by atoms with Crippen molar-refractivity contribution in [3.63, 3.8) is 0 Å². The summed E-state index contributed by atoms with van der Waals surface area (Å²) in [5, 5.41) is 8.91. The number of hydrogen-bond acceptors (Lipinski definition) is 3. The molecular formula is C14H15ClO3. The zero-order valence-corrected chi connectivity index (χ0v) is 11.3. The largest absolute Gasteiger partial charge is 0.456 e. The summed E-state index contributed by atoms with van der Waals surface area (Å²) in [6.45, 7) is 5.38. The standard InChI is InChI=1S/C14H15ClO3/c1-14(2,3)18-13(17)11-7-5-4-6-10(11)8-9-12(15)16/h4-7,12,16H,1-3H3. The maximum absolute atomic E-state index is 11.9. The van der Waals surface area contributed by atoms with Crippen molar-refractivity contribution < 1.29 is 14.6 Å². The Morgan fingerprint density at radius 2 is 2.00 bits per heavy atom. The summed E-state index contributed by atoms with van der Waals surface area (Å²) in [6, 6.07) is 6.77. The normalized spacial score (nSPS) is 12.3. The third-order valence-corrected chi connectivity index (χ3v) is 1.98. The molecule has 0 fully saturated rings. The number of rotatable bonds is 1. The van der Waals surface area contributed by atoms with Crippen LogP contribution < -0.4 is 0 Å². The zero-order chi connectivity index (χ0) is 13.8. The third kappa shape index (κ3) is 4.79. The molecule has 0 spiro atoms. The number of alkyl halides is 1. The van der Waals surface area contributed by atoms with Gasteiger partial charge in [-0.25, -0.2) is 4.79 Å². The van der Waals surface area contributed by atoms with Crippen molar-refractivity contribution in [3.8, 4) is 11.8 Å². The molecule has 0 radical (unpaired) electrons. The zero-order valence-electron chi connectivity index (χ0n) is 10.5. The molecule has 1 unspecified atom stereocenters. The predicted octanol–water partition coefficient (Wildman–Crippen LogP) is 2.55. The molecule has 1 aromatic rings. The molecule has 0 bridgehead atoms. The smallest absolute Gasteiger partial charge is 0.339 e. The first-order valence-electron chi connectivity index (χ1n) is 5.45. The van der Waals surface area contributed by atoms with Gasteiger partial charge in [0.15, 0.2) is 5.56 Å². The lowest BCUT2D eigenvalue weighted by atomic mass is 10.1. The van der Waals surface area contributed by atoms with Gasteiger partial charge in [0.2, 0.25) is 0 Å². The molecule has 0 aliphatic carbocycles. The minimum atomic E-state index is -1.25. The molecule has 0 aliphatic rings. The molecule has 0 aromatic heterocycles. The van der Waals surface area contributed by atoms with Crippen LogP contribution >= 0.6 is 11.6 Å². The second-order valence-corrected chi connectivity index (χ2v) is 5.07. The van der Waals surface area contributed by atoms with E-state index in [-0.39, 0.29) is 0 Å². The molecular weight excluding hydrogens is 252 g/mol. The molecule has 0 amide bonds. The quantitative estimate of drug-likeness (QED) is 0.483. The van der Waals surface area contributed by atoms with E-state index in [9.17, 15) is 4.79 Å². The van der Waals surface area contributed by atoms with Gasteiger partial charge in [0.25, 0.3) is 0 Å². The average molecular weight is 267 g/mol. The van der Waals surface area contributed by atoms with Gasteiger partial charge >= 0.3 is 5.97 Å². The van der Waals surface area contributed by atoms with Crippen molar-refractivity contribution in [2.45, 2.75) is 31.9 Å². The van der Waals surface area contributed by atoms with Gasteiger partial charge in [0.1, 0.15) is 5.60 Å². The van der Waals surface area contributed by atoms with Gasteiger partial charge in [0.05, 0.1) is 5.56 Å². The molecule has 4 heteroatoms. The van der Waals surface area contributed by atoms with E-state index < -0.39 is 17.1 Å². The minimum Gasteiger partial charge on any atom is -0.456 e. The lowest BCUT2D eigenvalue weighted by Gasteiger charge is -2.19. The number of carbonyl (C=O) groups excluding carboxylic acids is 1. The van der Waals surface area contributed by atoms with Crippen LogP contribution in [0.4, 0.5) is 0 Å². The molecule has 0 aliphatic heterocycles. The highest BCUT2D eigenvalue weighted by Crippen LogP contribution is 2.15. The Balaban J connectivity index is 3.03. The van der Waals surface area contributed by atoms with Crippen molar-refractivity contribution in [2.24, 2.45) is 0 Å². The second-order valence-electron chi connectivity index (χ2n) is 4.65. The molecule has 3 nitrogen and oxygen atoms in total. The van der Waals surface area contributed by atoms with E-state index >= 15 is 0 Å². The Hall–Kier alpha value is -1.50. The van der Waals surface area contributed by atoms with E-state index in [1.807, 2.05) is 0 Å². The summed E-state index contributed by atoms with van der Waals surface area (Å²) < 4.78 is 5.27. The molecule has 1 rings (SSSR count). The first-order valence-corrected chi connectivity index (χ1v) is 5.89. The van der Waals surface area contributed by atoms with Gasteiger partial charge in [-0.2, -0.15) is 0 Å². The number of benzene rings is 1. The number of hydrogen-bond donors (Lipinski definition) is 1. The van der Waals surface area contributed by atoms with Crippen LogP contribution in [-0.4, -0.2) is 22.2 Å². The van der Waals surface area contributed by atoms with E-state index in [4.69, 9.17) is 21.4 Å². The fourth-order valence-electron chi connectivity index (χ4n) is 1.24. The van der Waals surface area contributed by atoms with Crippen LogP contribution in [0.25, 0.3) is 0 Å². The Labute approximate surface area is 112 Å². The molecule has 1 N–H and O–H groups in total. The van der Waals surface area contributed by atoms with Crippen molar-refractivity contribution in [1.29, 1.82) is 0 Å². The maximum Gasteiger partial charge on any atom is 0.339 e. The van der Waals surface area contributed by atoms with Gasteiger partial charge < -0.3 is 9.84 Å². The molecule has 1 atom stereocenters. The SMILES string of the molecule is CC(C)(C)OC(=O)c1ccccc1C#CC(O)Cl. The number of carbonyl (C=O) groups is 1. The Kier molecular flexibility index (Phi) is 4.77. The fourth-order valence-corrected chi connectivity index (χ4v) is 1.30. The van der Waals surface area contributed by atoms with Gasteiger partial charge in [0, 0.05) is 5.56 Å². The van der Waals surface area contributed by atoms with E-state index in [0.717, 1.165) is 0 Å². The number of halogens is 1. The highest BCUT2D eigenvalue weighted by atomic mass is 35.5. The predicted molar refractivity (Wildman–Crippen MR) is 70.3 cm³/mol.